The van der Waals surface area contributed by atoms with Gasteiger partial charge in [0, 0.05) is 7.05 Å². The van der Waals surface area contributed by atoms with Crippen LogP contribution in [0.3, 0.4) is 0 Å². The number of aryl methyl sites for hydroxylation is 1. The molecule has 1 atom stereocenters. The van der Waals surface area contributed by atoms with Gasteiger partial charge in [0.05, 0.1) is 6.04 Å². The second kappa shape index (κ2) is 4.39. The van der Waals surface area contributed by atoms with Gasteiger partial charge in [0.2, 0.25) is 0 Å². The molecule has 3 N–H and O–H groups in total. The van der Waals surface area contributed by atoms with Crippen molar-refractivity contribution in [2.45, 2.75) is 13.0 Å². The highest BCUT2D eigenvalue weighted by molar-refractivity contribution is 7.10. The first-order valence-electron chi connectivity index (χ1n) is 4.89. The number of nitriles is 1. The SMILES string of the molecule is CC(Nc1snc(N)c1C#N)c1nncn1C. The van der Waals surface area contributed by atoms with Gasteiger partial charge < -0.3 is 15.6 Å². The van der Waals surface area contributed by atoms with Crippen molar-refractivity contribution in [3.63, 3.8) is 0 Å². The van der Waals surface area contributed by atoms with Gasteiger partial charge >= 0.3 is 0 Å². The molecule has 0 saturated carbocycles. The molecule has 0 bridgehead atoms. The molecule has 7 nitrogen and oxygen atoms in total. The van der Waals surface area contributed by atoms with Gasteiger partial charge in [0.1, 0.15) is 23.0 Å². The number of anilines is 2. The first kappa shape index (κ1) is 11.3. The number of aromatic nitrogens is 4. The van der Waals surface area contributed by atoms with Crippen LogP contribution < -0.4 is 11.1 Å². The van der Waals surface area contributed by atoms with Crippen LogP contribution >= 0.6 is 11.5 Å². The molecule has 2 aromatic heterocycles. The summed E-state index contributed by atoms with van der Waals surface area (Å²) < 4.78 is 5.75. The van der Waals surface area contributed by atoms with E-state index in [1.165, 1.54) is 11.5 Å². The van der Waals surface area contributed by atoms with Gasteiger partial charge in [-0.1, -0.05) is 0 Å². The molecular weight excluding hydrogens is 238 g/mol. The normalized spacial score (nSPS) is 12.1. The van der Waals surface area contributed by atoms with Crippen LogP contribution in [-0.2, 0) is 7.05 Å². The molecule has 17 heavy (non-hydrogen) atoms. The highest BCUT2D eigenvalue weighted by Gasteiger charge is 2.16. The minimum atomic E-state index is -0.0746. The maximum absolute atomic E-state index is 8.95. The van der Waals surface area contributed by atoms with Crippen molar-refractivity contribution >= 4 is 22.4 Å². The van der Waals surface area contributed by atoms with Crippen LogP contribution in [0.25, 0.3) is 0 Å². The summed E-state index contributed by atoms with van der Waals surface area (Å²) in [7, 11) is 1.86. The molecule has 0 amide bonds. The molecular formula is C9H11N7S. The monoisotopic (exact) mass is 249 g/mol. The quantitative estimate of drug-likeness (QED) is 0.837. The van der Waals surface area contributed by atoms with Gasteiger partial charge in [-0.3, -0.25) is 0 Å². The fourth-order valence-corrected chi connectivity index (χ4v) is 2.21. The molecule has 2 aromatic rings. The topological polar surface area (TPSA) is 105 Å². The van der Waals surface area contributed by atoms with Crippen molar-refractivity contribution in [1.82, 2.24) is 19.1 Å². The summed E-state index contributed by atoms with van der Waals surface area (Å²) in [6.07, 6.45) is 1.62. The molecule has 0 aromatic carbocycles. The Morgan fingerprint density at radius 1 is 1.65 bits per heavy atom. The smallest absolute Gasteiger partial charge is 0.157 e. The van der Waals surface area contributed by atoms with Crippen molar-refractivity contribution < 1.29 is 0 Å². The van der Waals surface area contributed by atoms with E-state index in [1.807, 2.05) is 24.6 Å². The maximum atomic E-state index is 8.95. The molecule has 0 saturated heterocycles. The van der Waals surface area contributed by atoms with Gasteiger partial charge in [-0.2, -0.15) is 9.64 Å². The molecule has 0 aliphatic carbocycles. The predicted octanol–water partition coefficient (Wildman–Crippen LogP) is 0.899. The van der Waals surface area contributed by atoms with Crippen molar-refractivity contribution in [1.29, 1.82) is 5.26 Å². The van der Waals surface area contributed by atoms with E-state index in [1.54, 1.807) is 6.33 Å². The van der Waals surface area contributed by atoms with Crippen LogP contribution in [0.1, 0.15) is 24.4 Å². The van der Waals surface area contributed by atoms with Gasteiger partial charge in [-0.05, 0) is 18.5 Å². The lowest BCUT2D eigenvalue weighted by Gasteiger charge is -2.12. The Balaban J connectivity index is 2.22. The maximum Gasteiger partial charge on any atom is 0.157 e. The number of hydrogen-bond acceptors (Lipinski definition) is 7. The molecule has 0 spiro atoms. The van der Waals surface area contributed by atoms with E-state index >= 15 is 0 Å². The molecule has 2 rings (SSSR count). The highest BCUT2D eigenvalue weighted by Crippen LogP contribution is 2.28. The molecule has 1 unspecified atom stereocenters. The third-order valence-corrected chi connectivity index (χ3v) is 3.10. The zero-order valence-electron chi connectivity index (χ0n) is 9.38. The summed E-state index contributed by atoms with van der Waals surface area (Å²) >= 11 is 1.17. The lowest BCUT2D eigenvalue weighted by atomic mass is 10.3. The lowest BCUT2D eigenvalue weighted by Crippen LogP contribution is -2.11. The van der Waals surface area contributed by atoms with Crippen molar-refractivity contribution in [2.24, 2.45) is 7.05 Å². The fraction of sp³-hybridized carbons (Fsp3) is 0.333. The summed E-state index contributed by atoms with van der Waals surface area (Å²) in [5.74, 6) is 1.03. The van der Waals surface area contributed by atoms with E-state index < -0.39 is 0 Å². The summed E-state index contributed by atoms with van der Waals surface area (Å²) in [4.78, 5) is 0. The van der Waals surface area contributed by atoms with Gasteiger partial charge in [-0.15, -0.1) is 10.2 Å². The Labute approximate surface area is 102 Å². The number of nitrogens with zero attached hydrogens (tertiary/aromatic N) is 5. The van der Waals surface area contributed by atoms with Gasteiger partial charge in [0.25, 0.3) is 0 Å². The van der Waals surface area contributed by atoms with Crippen molar-refractivity contribution in [3.05, 3.63) is 17.7 Å². The van der Waals surface area contributed by atoms with E-state index in [0.717, 1.165) is 5.82 Å². The predicted molar refractivity (Wildman–Crippen MR) is 64.3 cm³/mol. The molecule has 2 heterocycles. The molecule has 0 aliphatic rings. The number of hydrogen-bond donors (Lipinski definition) is 2. The summed E-state index contributed by atoms with van der Waals surface area (Å²) in [6, 6.07) is 1.95. The molecule has 8 heteroatoms. The third kappa shape index (κ3) is 2.05. The Bertz CT molecular complexity index is 564. The van der Waals surface area contributed by atoms with Crippen LogP contribution in [0.15, 0.2) is 6.33 Å². The van der Waals surface area contributed by atoms with E-state index in [-0.39, 0.29) is 11.9 Å². The minimum absolute atomic E-state index is 0.0746. The van der Waals surface area contributed by atoms with Crippen molar-refractivity contribution in [3.8, 4) is 6.07 Å². The average Bonchev–Trinajstić information content (AvgIpc) is 2.85. The second-order valence-electron chi connectivity index (χ2n) is 3.55. The third-order valence-electron chi connectivity index (χ3n) is 2.31. The standard InChI is InChI=1S/C9H11N7S/c1-5(8-14-12-4-16(8)2)13-9-6(3-10)7(11)15-17-9/h4-5,13H,1-2H3,(H2,11,15). The van der Waals surface area contributed by atoms with Crippen LogP contribution in [0, 0.1) is 11.3 Å². The van der Waals surface area contributed by atoms with Crippen LogP contribution in [-0.4, -0.2) is 19.1 Å². The van der Waals surface area contributed by atoms with Gasteiger partial charge in [0.15, 0.2) is 11.6 Å². The van der Waals surface area contributed by atoms with Crippen molar-refractivity contribution in [2.75, 3.05) is 11.1 Å². The van der Waals surface area contributed by atoms with E-state index in [9.17, 15) is 0 Å². The fourth-order valence-electron chi connectivity index (χ4n) is 1.45. The number of nitrogens with two attached hydrogens (primary N) is 1. The van der Waals surface area contributed by atoms with E-state index in [0.29, 0.717) is 10.6 Å². The first-order chi connectivity index (χ1) is 8.13. The molecule has 0 radical (unpaired) electrons. The highest BCUT2D eigenvalue weighted by atomic mass is 32.1. The second-order valence-corrected chi connectivity index (χ2v) is 4.32. The largest absolute Gasteiger partial charge is 0.382 e. The van der Waals surface area contributed by atoms with E-state index in [2.05, 4.69) is 19.9 Å². The zero-order chi connectivity index (χ0) is 12.4. The number of nitrogen functional groups attached to an aromatic ring is 1. The summed E-state index contributed by atoms with van der Waals surface area (Å²) in [5, 5.41) is 20.6. The van der Waals surface area contributed by atoms with Crippen LogP contribution in [0.4, 0.5) is 10.8 Å². The summed E-state index contributed by atoms with van der Waals surface area (Å²) in [6.45, 7) is 1.93. The average molecular weight is 249 g/mol. The number of rotatable bonds is 3. The number of nitrogens with one attached hydrogen (secondary N) is 1. The van der Waals surface area contributed by atoms with E-state index in [4.69, 9.17) is 11.0 Å². The zero-order valence-corrected chi connectivity index (χ0v) is 10.2. The Kier molecular flexibility index (Phi) is 2.93. The molecule has 0 aliphatic heterocycles. The summed E-state index contributed by atoms with van der Waals surface area (Å²) in [5.41, 5.74) is 5.96. The molecule has 0 fully saturated rings. The Morgan fingerprint density at radius 3 is 3.00 bits per heavy atom. The Morgan fingerprint density at radius 2 is 2.41 bits per heavy atom. The molecule has 88 valence electrons. The van der Waals surface area contributed by atoms with Crippen LogP contribution in [0.2, 0.25) is 0 Å². The lowest BCUT2D eigenvalue weighted by molar-refractivity contribution is 0.721. The first-order valence-corrected chi connectivity index (χ1v) is 5.66. The minimum Gasteiger partial charge on any atom is -0.382 e. The Hall–Kier alpha value is -2.14. The van der Waals surface area contributed by atoms with Gasteiger partial charge in [-0.25, -0.2) is 0 Å². The van der Waals surface area contributed by atoms with Crippen LogP contribution in [0.5, 0.6) is 0 Å².